The zero-order chi connectivity index (χ0) is 35.0. The third kappa shape index (κ3) is 6.41. The first-order chi connectivity index (χ1) is 24.2. The highest BCUT2D eigenvalue weighted by atomic mass is 19.3. The van der Waals surface area contributed by atoms with E-state index in [1.807, 2.05) is 43.0 Å². The maximum Gasteiger partial charge on any atom is 0.319 e. The van der Waals surface area contributed by atoms with E-state index in [0.717, 1.165) is 99.1 Å². The number of amides is 1. The van der Waals surface area contributed by atoms with Crippen molar-refractivity contribution in [2.45, 2.75) is 59.0 Å². The van der Waals surface area contributed by atoms with Crippen LogP contribution in [0, 0.1) is 12.3 Å². The second-order valence-corrected chi connectivity index (χ2v) is 13.8. The van der Waals surface area contributed by atoms with E-state index in [9.17, 15) is 13.6 Å². The number of anilines is 1. The number of nitrogens with zero attached hydrogens (tertiary/aromatic N) is 6. The molecule has 0 saturated carbocycles. The first kappa shape index (κ1) is 33.9. The summed E-state index contributed by atoms with van der Waals surface area (Å²) in [6.07, 6.45) is 7.76. The first-order valence-electron chi connectivity index (χ1n) is 17.6. The molecule has 0 atom stereocenters. The number of piperidine rings is 2. The van der Waals surface area contributed by atoms with Gasteiger partial charge in [0.2, 0.25) is 5.91 Å². The summed E-state index contributed by atoms with van der Waals surface area (Å²) in [4.78, 5) is 28.7. The molecular weight excluding hydrogens is 640 g/mol. The van der Waals surface area contributed by atoms with Gasteiger partial charge in [-0.3, -0.25) is 9.89 Å². The fraction of sp³-hybridized carbons (Fsp3) is 0.474. The summed E-state index contributed by atoms with van der Waals surface area (Å²) in [5.41, 5.74) is 4.60. The number of H-pyrrole nitrogens is 1. The van der Waals surface area contributed by atoms with Gasteiger partial charge in [-0.05, 0) is 81.0 Å². The zero-order valence-electron chi connectivity index (χ0n) is 29.1. The summed E-state index contributed by atoms with van der Waals surface area (Å²) in [6, 6.07) is 6.23. The molecule has 7 rings (SSSR count). The molecule has 3 aliphatic heterocycles. The summed E-state index contributed by atoms with van der Waals surface area (Å²) in [6.45, 7) is 14.7. The van der Waals surface area contributed by atoms with Crippen LogP contribution in [0.2, 0.25) is 0 Å². The van der Waals surface area contributed by atoms with Crippen LogP contribution in [0.3, 0.4) is 0 Å². The lowest BCUT2D eigenvalue weighted by Crippen LogP contribution is -2.61. The van der Waals surface area contributed by atoms with Gasteiger partial charge in [0.1, 0.15) is 24.0 Å². The largest absolute Gasteiger partial charge is 0.485 e. The van der Waals surface area contributed by atoms with Gasteiger partial charge in [0.05, 0.1) is 11.7 Å². The predicted octanol–water partition coefficient (Wildman–Crippen LogP) is 6.64. The molecule has 2 aromatic carbocycles. The minimum absolute atomic E-state index is 0.0311. The van der Waals surface area contributed by atoms with Crippen LogP contribution in [0.1, 0.15) is 50.7 Å². The molecule has 0 bridgehead atoms. The number of fused-ring (bicyclic) bond motifs is 2. The van der Waals surface area contributed by atoms with Gasteiger partial charge >= 0.3 is 6.01 Å². The Bertz CT molecular complexity index is 1920. The van der Waals surface area contributed by atoms with Crippen molar-refractivity contribution in [2.24, 2.45) is 5.41 Å². The topological polar surface area (TPSA) is 99.7 Å². The maximum absolute atomic E-state index is 14.0. The minimum atomic E-state index is -2.69. The number of hydrogen-bond acceptors (Lipinski definition) is 8. The highest BCUT2D eigenvalue weighted by Gasteiger charge is 2.46. The van der Waals surface area contributed by atoms with Gasteiger partial charge in [-0.1, -0.05) is 31.7 Å². The van der Waals surface area contributed by atoms with Crippen molar-refractivity contribution in [1.82, 2.24) is 30.0 Å². The Kier molecular flexibility index (Phi) is 9.47. The van der Waals surface area contributed by atoms with Gasteiger partial charge in [0.25, 0.3) is 6.43 Å². The number of nitrogens with one attached hydrogen (secondary N) is 1. The smallest absolute Gasteiger partial charge is 0.319 e. The number of alkyl halides is 2. The molecule has 10 nitrogen and oxygen atoms in total. The average Bonchev–Trinajstić information content (AvgIpc) is 3.59. The van der Waals surface area contributed by atoms with Gasteiger partial charge in [0, 0.05) is 61.0 Å². The Morgan fingerprint density at radius 2 is 1.88 bits per heavy atom. The molecule has 1 amide bonds. The van der Waals surface area contributed by atoms with Crippen molar-refractivity contribution in [2.75, 3.05) is 57.3 Å². The Morgan fingerprint density at radius 3 is 2.56 bits per heavy atom. The molecule has 1 N–H and O–H groups in total. The molecule has 4 aromatic rings. The van der Waals surface area contributed by atoms with Crippen LogP contribution in [0.4, 0.5) is 14.6 Å². The fourth-order valence-electron chi connectivity index (χ4n) is 7.88. The van der Waals surface area contributed by atoms with E-state index >= 15 is 0 Å². The quantitative estimate of drug-likeness (QED) is 0.186. The van der Waals surface area contributed by atoms with E-state index in [0.29, 0.717) is 22.3 Å². The summed E-state index contributed by atoms with van der Waals surface area (Å²) in [7, 11) is 0. The monoisotopic (exact) mass is 685 g/mol. The van der Waals surface area contributed by atoms with E-state index < -0.39 is 13.0 Å². The van der Waals surface area contributed by atoms with Crippen LogP contribution in [0.5, 0.6) is 11.8 Å². The molecule has 50 heavy (non-hydrogen) atoms. The Balaban J connectivity index is 1.38. The summed E-state index contributed by atoms with van der Waals surface area (Å²) >= 11 is 0. The van der Waals surface area contributed by atoms with Crippen LogP contribution >= 0.6 is 0 Å². The van der Waals surface area contributed by atoms with Crippen LogP contribution < -0.4 is 14.4 Å². The zero-order valence-corrected chi connectivity index (χ0v) is 29.1. The number of allylic oxidation sites excluding steroid dienone is 1. The highest BCUT2D eigenvalue weighted by Crippen LogP contribution is 2.48. The number of carbonyl (C=O) groups excluding carboxylic acids is 1. The van der Waals surface area contributed by atoms with Gasteiger partial charge in [0.15, 0.2) is 5.75 Å². The van der Waals surface area contributed by atoms with Crippen LogP contribution in [0.25, 0.3) is 39.0 Å². The standard InChI is InChI=1S/C38H45F2N7O3/c1-5-8-25-19-27-34(35(49-21-30(39)40)33(25)32-24(4)9-10-29-28(32)20-41-44-29)42-37(50-26-11-15-45(7-3)16-12-26)43-36(27)46-17-13-38(14-18-46)22-47(23-38)31(48)6-2/h5-6,8-10,19-20,26,30H,2,7,11-18,21-23H2,1,3-4H3,(H,41,44)/b8-5+. The van der Waals surface area contributed by atoms with Gasteiger partial charge < -0.3 is 24.2 Å². The lowest BCUT2D eigenvalue weighted by atomic mass is 9.72. The number of aryl methyl sites for hydroxylation is 1. The molecule has 2 aromatic heterocycles. The summed E-state index contributed by atoms with van der Waals surface area (Å²) in [5, 5.41) is 8.91. The van der Waals surface area contributed by atoms with E-state index in [-0.39, 0.29) is 29.2 Å². The van der Waals surface area contributed by atoms with E-state index in [2.05, 4.69) is 39.6 Å². The SMILES string of the molecule is C=CC(=O)N1CC2(CCN(c3nc(OC4CCN(CC)CC4)nc4c(OCC(F)F)c(-c5c(C)ccc6[nH]ncc56)c(/C=C/C)cc34)CC2)C1. The Hall–Kier alpha value is -4.58. The Labute approximate surface area is 291 Å². The number of rotatable bonds is 10. The van der Waals surface area contributed by atoms with Crippen molar-refractivity contribution in [3.63, 3.8) is 0 Å². The van der Waals surface area contributed by atoms with Crippen molar-refractivity contribution < 1.29 is 23.0 Å². The number of hydrogen-bond donors (Lipinski definition) is 1. The van der Waals surface area contributed by atoms with Crippen molar-refractivity contribution in [3.8, 4) is 22.9 Å². The van der Waals surface area contributed by atoms with Gasteiger partial charge in [-0.25, -0.2) is 8.78 Å². The fourth-order valence-corrected chi connectivity index (χ4v) is 7.88. The molecule has 1 spiro atoms. The van der Waals surface area contributed by atoms with Crippen molar-refractivity contribution in [1.29, 1.82) is 0 Å². The number of likely N-dealkylation sites (tertiary alicyclic amines) is 2. The molecular formula is C38H45F2N7O3. The molecule has 264 valence electrons. The molecule has 0 aliphatic carbocycles. The lowest BCUT2D eigenvalue weighted by molar-refractivity contribution is -0.139. The number of aromatic nitrogens is 4. The molecule has 3 saturated heterocycles. The number of halogens is 2. The van der Waals surface area contributed by atoms with Crippen LogP contribution in [0.15, 0.2) is 43.1 Å². The number of aromatic amines is 1. The van der Waals surface area contributed by atoms with E-state index in [4.69, 9.17) is 19.4 Å². The first-order valence-corrected chi connectivity index (χ1v) is 17.6. The average molecular weight is 686 g/mol. The number of benzene rings is 2. The normalized spacial score (nSPS) is 18.4. The minimum Gasteiger partial charge on any atom is -0.485 e. The molecule has 3 fully saturated rings. The second-order valence-electron chi connectivity index (χ2n) is 13.8. The van der Waals surface area contributed by atoms with Crippen LogP contribution in [-0.4, -0.2) is 101 Å². The van der Waals surface area contributed by atoms with Gasteiger partial charge in [-0.2, -0.15) is 15.1 Å². The summed E-state index contributed by atoms with van der Waals surface area (Å²) < 4.78 is 40.6. The van der Waals surface area contributed by atoms with Crippen molar-refractivity contribution in [3.05, 3.63) is 54.3 Å². The Morgan fingerprint density at radius 1 is 1.12 bits per heavy atom. The maximum atomic E-state index is 14.0. The third-order valence-corrected chi connectivity index (χ3v) is 10.6. The second kappa shape index (κ2) is 14.0. The van der Waals surface area contributed by atoms with Crippen LogP contribution in [-0.2, 0) is 4.79 Å². The number of carbonyl (C=O) groups is 1. The molecule has 0 unspecified atom stereocenters. The van der Waals surface area contributed by atoms with E-state index in [1.165, 1.54) is 6.08 Å². The molecule has 0 radical (unpaired) electrons. The highest BCUT2D eigenvalue weighted by molar-refractivity contribution is 6.07. The third-order valence-electron chi connectivity index (χ3n) is 10.6. The van der Waals surface area contributed by atoms with Gasteiger partial charge in [-0.15, -0.1) is 0 Å². The molecule has 5 heterocycles. The van der Waals surface area contributed by atoms with E-state index in [1.54, 1.807) is 6.20 Å². The molecule has 3 aliphatic rings. The van der Waals surface area contributed by atoms with Crippen molar-refractivity contribution >= 4 is 39.6 Å². The lowest BCUT2D eigenvalue weighted by Gasteiger charge is -2.54. The predicted molar refractivity (Wildman–Crippen MR) is 192 cm³/mol. The summed E-state index contributed by atoms with van der Waals surface area (Å²) in [5.74, 6) is 0.936. The number of ether oxygens (including phenoxy) is 2. The molecule has 12 heteroatoms.